The SMILES string of the molecule is Cc1nc(C(=O)N2CCCC(c3nnc(-c4cccs4)o3)C2)cs1. The van der Waals surface area contributed by atoms with Crippen LogP contribution in [0.2, 0.25) is 0 Å². The maximum Gasteiger partial charge on any atom is 0.273 e. The van der Waals surface area contributed by atoms with Crippen molar-refractivity contribution >= 4 is 28.6 Å². The molecule has 1 amide bonds. The lowest BCUT2D eigenvalue weighted by Gasteiger charge is -2.30. The molecule has 0 bridgehead atoms. The van der Waals surface area contributed by atoms with Gasteiger partial charge in [-0.05, 0) is 31.2 Å². The summed E-state index contributed by atoms with van der Waals surface area (Å²) in [5, 5.41) is 13.1. The quantitative estimate of drug-likeness (QED) is 0.714. The van der Waals surface area contributed by atoms with Gasteiger partial charge >= 0.3 is 0 Å². The van der Waals surface area contributed by atoms with Crippen LogP contribution in [0.4, 0.5) is 0 Å². The van der Waals surface area contributed by atoms with Gasteiger partial charge in [-0.2, -0.15) is 0 Å². The number of carbonyl (C=O) groups excluding carboxylic acids is 1. The molecule has 1 aliphatic rings. The van der Waals surface area contributed by atoms with E-state index < -0.39 is 0 Å². The van der Waals surface area contributed by atoms with E-state index in [1.54, 1.807) is 11.3 Å². The molecule has 0 radical (unpaired) electrons. The average molecular weight is 360 g/mol. The monoisotopic (exact) mass is 360 g/mol. The van der Waals surface area contributed by atoms with Crippen molar-refractivity contribution in [3.8, 4) is 10.8 Å². The molecular weight excluding hydrogens is 344 g/mol. The van der Waals surface area contributed by atoms with Gasteiger partial charge in [0.05, 0.1) is 15.8 Å². The third-order valence-electron chi connectivity index (χ3n) is 4.07. The first-order chi connectivity index (χ1) is 11.7. The van der Waals surface area contributed by atoms with Crippen LogP contribution in [0.1, 0.15) is 40.1 Å². The number of rotatable bonds is 3. The van der Waals surface area contributed by atoms with Crippen LogP contribution >= 0.6 is 22.7 Å². The highest BCUT2D eigenvalue weighted by Gasteiger charge is 2.29. The number of thiazole rings is 1. The van der Waals surface area contributed by atoms with E-state index in [0.29, 0.717) is 24.0 Å². The Kier molecular flexibility index (Phi) is 4.15. The summed E-state index contributed by atoms with van der Waals surface area (Å²) in [6.07, 6.45) is 1.88. The summed E-state index contributed by atoms with van der Waals surface area (Å²) in [7, 11) is 0. The molecule has 4 heterocycles. The van der Waals surface area contributed by atoms with Gasteiger partial charge in [0.15, 0.2) is 0 Å². The number of amides is 1. The van der Waals surface area contributed by atoms with Gasteiger partial charge in [-0.1, -0.05) is 6.07 Å². The number of hydrogen-bond donors (Lipinski definition) is 0. The fourth-order valence-corrected chi connectivity index (χ4v) is 4.12. The van der Waals surface area contributed by atoms with Crippen LogP contribution < -0.4 is 0 Å². The Morgan fingerprint density at radius 1 is 1.38 bits per heavy atom. The molecule has 0 aliphatic carbocycles. The molecule has 1 unspecified atom stereocenters. The van der Waals surface area contributed by atoms with E-state index in [4.69, 9.17) is 4.42 Å². The first kappa shape index (κ1) is 15.5. The predicted molar refractivity (Wildman–Crippen MR) is 92.3 cm³/mol. The molecule has 6 nitrogen and oxygen atoms in total. The van der Waals surface area contributed by atoms with Crippen molar-refractivity contribution in [2.24, 2.45) is 0 Å². The van der Waals surface area contributed by atoms with Crippen LogP contribution in [0.15, 0.2) is 27.3 Å². The Hall–Kier alpha value is -2.06. The van der Waals surface area contributed by atoms with Crippen LogP contribution in [-0.2, 0) is 0 Å². The molecule has 8 heteroatoms. The Balaban J connectivity index is 1.50. The van der Waals surface area contributed by atoms with Gasteiger partial charge in [-0.15, -0.1) is 32.9 Å². The van der Waals surface area contributed by atoms with E-state index in [-0.39, 0.29) is 11.8 Å². The lowest BCUT2D eigenvalue weighted by atomic mass is 9.98. The molecule has 1 aliphatic heterocycles. The van der Waals surface area contributed by atoms with E-state index in [2.05, 4.69) is 15.2 Å². The highest BCUT2D eigenvalue weighted by atomic mass is 32.1. The number of likely N-dealkylation sites (tertiary alicyclic amines) is 1. The van der Waals surface area contributed by atoms with Gasteiger partial charge in [-0.3, -0.25) is 4.79 Å². The summed E-state index contributed by atoms with van der Waals surface area (Å²) in [6.45, 7) is 3.25. The summed E-state index contributed by atoms with van der Waals surface area (Å²) in [4.78, 5) is 19.7. The van der Waals surface area contributed by atoms with Crippen LogP contribution in [0.3, 0.4) is 0 Å². The molecular formula is C16H16N4O2S2. The van der Waals surface area contributed by atoms with Gasteiger partial charge in [0.1, 0.15) is 5.69 Å². The topological polar surface area (TPSA) is 72.1 Å². The minimum atomic E-state index is -0.0120. The molecule has 1 fully saturated rings. The largest absolute Gasteiger partial charge is 0.420 e. The van der Waals surface area contributed by atoms with Gasteiger partial charge in [0, 0.05) is 18.5 Å². The molecule has 1 atom stereocenters. The first-order valence-corrected chi connectivity index (χ1v) is 9.55. The average Bonchev–Trinajstić information content (AvgIpc) is 3.35. The molecule has 0 saturated carbocycles. The summed E-state index contributed by atoms with van der Waals surface area (Å²) in [5.74, 6) is 1.25. The number of piperidine rings is 1. The van der Waals surface area contributed by atoms with Crippen molar-refractivity contribution in [1.29, 1.82) is 0 Å². The third-order valence-corrected chi connectivity index (χ3v) is 5.70. The minimum Gasteiger partial charge on any atom is -0.420 e. The molecule has 4 rings (SSSR count). The minimum absolute atomic E-state index is 0.0120. The highest BCUT2D eigenvalue weighted by molar-refractivity contribution is 7.13. The number of nitrogens with zero attached hydrogens (tertiary/aromatic N) is 4. The smallest absolute Gasteiger partial charge is 0.273 e. The van der Waals surface area contributed by atoms with E-state index in [0.717, 1.165) is 29.3 Å². The molecule has 0 spiro atoms. The number of thiophene rings is 1. The highest BCUT2D eigenvalue weighted by Crippen LogP contribution is 2.30. The van der Waals surface area contributed by atoms with Crippen molar-refractivity contribution in [1.82, 2.24) is 20.1 Å². The molecule has 124 valence electrons. The maximum atomic E-state index is 12.6. The lowest BCUT2D eigenvalue weighted by molar-refractivity contribution is 0.0693. The summed E-state index contributed by atoms with van der Waals surface area (Å²) >= 11 is 3.07. The van der Waals surface area contributed by atoms with E-state index in [1.165, 1.54) is 11.3 Å². The molecule has 0 N–H and O–H groups in total. The summed E-state index contributed by atoms with van der Waals surface area (Å²) in [6, 6.07) is 3.92. The summed E-state index contributed by atoms with van der Waals surface area (Å²) < 4.78 is 5.84. The van der Waals surface area contributed by atoms with Crippen molar-refractivity contribution in [3.63, 3.8) is 0 Å². The molecule has 0 aromatic carbocycles. The Bertz CT molecular complexity index is 840. The number of aromatic nitrogens is 3. The zero-order valence-corrected chi connectivity index (χ0v) is 14.8. The zero-order chi connectivity index (χ0) is 16.5. The molecule has 1 saturated heterocycles. The first-order valence-electron chi connectivity index (χ1n) is 7.79. The van der Waals surface area contributed by atoms with Gasteiger partial charge in [0.2, 0.25) is 5.89 Å². The maximum absolute atomic E-state index is 12.6. The Morgan fingerprint density at radius 2 is 2.29 bits per heavy atom. The van der Waals surface area contributed by atoms with Crippen LogP contribution in [0.5, 0.6) is 0 Å². The molecule has 3 aromatic rings. The van der Waals surface area contributed by atoms with E-state index in [9.17, 15) is 4.79 Å². The molecule has 24 heavy (non-hydrogen) atoms. The summed E-state index contributed by atoms with van der Waals surface area (Å²) in [5.41, 5.74) is 0.531. The van der Waals surface area contributed by atoms with Crippen molar-refractivity contribution in [2.75, 3.05) is 13.1 Å². The van der Waals surface area contributed by atoms with Crippen molar-refractivity contribution < 1.29 is 9.21 Å². The second-order valence-corrected chi connectivity index (χ2v) is 7.77. The predicted octanol–water partition coefficient (Wildman–Crippen LogP) is 3.58. The van der Waals surface area contributed by atoms with Crippen LogP contribution in [0.25, 0.3) is 10.8 Å². The number of hydrogen-bond acceptors (Lipinski definition) is 7. The second kappa shape index (κ2) is 6.45. The van der Waals surface area contributed by atoms with Crippen LogP contribution in [0, 0.1) is 6.92 Å². The Labute approximate surface area is 147 Å². The van der Waals surface area contributed by atoms with Crippen LogP contribution in [-0.4, -0.2) is 39.1 Å². The fraction of sp³-hybridized carbons (Fsp3) is 0.375. The van der Waals surface area contributed by atoms with Crippen molar-refractivity contribution in [2.45, 2.75) is 25.7 Å². The number of carbonyl (C=O) groups is 1. The van der Waals surface area contributed by atoms with Crippen molar-refractivity contribution in [3.05, 3.63) is 39.5 Å². The lowest BCUT2D eigenvalue weighted by Crippen LogP contribution is -2.39. The third kappa shape index (κ3) is 2.99. The van der Waals surface area contributed by atoms with Gasteiger partial charge < -0.3 is 9.32 Å². The van der Waals surface area contributed by atoms with E-state index >= 15 is 0 Å². The van der Waals surface area contributed by atoms with Gasteiger partial charge in [0.25, 0.3) is 11.8 Å². The van der Waals surface area contributed by atoms with E-state index in [1.807, 2.05) is 34.7 Å². The fourth-order valence-electron chi connectivity index (χ4n) is 2.89. The second-order valence-electron chi connectivity index (χ2n) is 5.76. The molecule has 3 aromatic heterocycles. The normalized spacial score (nSPS) is 18.0. The zero-order valence-electron chi connectivity index (χ0n) is 13.1. The standard InChI is InChI=1S/C16H16N4O2S2/c1-10-17-12(9-24-10)16(21)20-6-2-4-11(8-20)14-18-19-15(22-14)13-5-3-7-23-13/h3,5,7,9,11H,2,4,6,8H2,1H3. The Morgan fingerprint density at radius 3 is 3.04 bits per heavy atom. The van der Waals surface area contributed by atoms with Gasteiger partial charge in [-0.25, -0.2) is 4.98 Å². The number of aryl methyl sites for hydroxylation is 1.